The van der Waals surface area contributed by atoms with Gasteiger partial charge in [-0.25, -0.2) is 0 Å². The van der Waals surface area contributed by atoms with Crippen LogP contribution in [-0.2, 0) is 4.79 Å². The molecule has 1 amide bonds. The Morgan fingerprint density at radius 2 is 1.90 bits per heavy atom. The van der Waals surface area contributed by atoms with Crippen molar-refractivity contribution in [1.82, 2.24) is 5.32 Å². The lowest BCUT2D eigenvalue weighted by molar-refractivity contribution is -0.125. The Morgan fingerprint density at radius 3 is 2.43 bits per heavy atom. The summed E-state index contributed by atoms with van der Waals surface area (Å²) >= 11 is 0. The summed E-state index contributed by atoms with van der Waals surface area (Å²) in [5.41, 5.74) is 7.06. The molecule has 0 heterocycles. The highest BCUT2D eigenvalue weighted by Gasteiger charge is 2.30. The third-order valence-corrected chi connectivity index (χ3v) is 4.02. The van der Waals surface area contributed by atoms with Crippen LogP contribution in [0.25, 0.3) is 0 Å². The van der Waals surface area contributed by atoms with Crippen LogP contribution in [0.4, 0.5) is 0 Å². The number of hydrogen-bond acceptors (Lipinski definition) is 3. The van der Waals surface area contributed by atoms with Crippen LogP contribution in [0.2, 0.25) is 0 Å². The summed E-state index contributed by atoms with van der Waals surface area (Å²) in [5, 5.41) is 3.07. The number of hydrogen-bond donors (Lipinski definition) is 2. The molecule has 2 rings (SSSR count). The smallest absolute Gasteiger partial charge is 0.225 e. The summed E-state index contributed by atoms with van der Waals surface area (Å²) < 4.78 is 5.62. The second-order valence-electron chi connectivity index (χ2n) is 6.17. The molecule has 0 aromatic heterocycles. The van der Waals surface area contributed by atoms with E-state index in [9.17, 15) is 4.79 Å². The van der Waals surface area contributed by atoms with Crippen molar-refractivity contribution in [2.75, 3.05) is 0 Å². The molecule has 1 aliphatic carbocycles. The molecule has 4 nitrogen and oxygen atoms in total. The molecule has 116 valence electrons. The fourth-order valence-corrected chi connectivity index (χ4v) is 2.83. The van der Waals surface area contributed by atoms with Crippen molar-refractivity contribution in [2.24, 2.45) is 11.7 Å². The topological polar surface area (TPSA) is 64.3 Å². The summed E-state index contributed by atoms with van der Waals surface area (Å²) in [6.45, 7) is 6.00. The van der Waals surface area contributed by atoms with Crippen LogP contribution in [0.5, 0.6) is 5.75 Å². The second kappa shape index (κ2) is 6.94. The molecule has 1 fully saturated rings. The zero-order valence-electron chi connectivity index (χ0n) is 13.1. The quantitative estimate of drug-likeness (QED) is 0.876. The molecule has 3 atom stereocenters. The normalized spacial score (nSPS) is 23.1. The monoisotopic (exact) mass is 290 g/mol. The predicted molar refractivity (Wildman–Crippen MR) is 84.1 cm³/mol. The van der Waals surface area contributed by atoms with Crippen molar-refractivity contribution in [3.05, 3.63) is 29.8 Å². The fraction of sp³-hybridized carbons (Fsp3) is 0.588. The van der Waals surface area contributed by atoms with E-state index in [2.05, 4.69) is 5.32 Å². The lowest BCUT2D eigenvalue weighted by atomic mass is 10.0. The van der Waals surface area contributed by atoms with Gasteiger partial charge in [-0.3, -0.25) is 4.79 Å². The van der Waals surface area contributed by atoms with E-state index in [0.29, 0.717) is 0 Å². The van der Waals surface area contributed by atoms with Crippen molar-refractivity contribution in [1.29, 1.82) is 0 Å². The molecule has 1 aliphatic rings. The van der Waals surface area contributed by atoms with Gasteiger partial charge >= 0.3 is 0 Å². The van der Waals surface area contributed by atoms with Gasteiger partial charge in [0.25, 0.3) is 0 Å². The zero-order valence-corrected chi connectivity index (χ0v) is 13.1. The van der Waals surface area contributed by atoms with Gasteiger partial charge in [0.05, 0.1) is 18.1 Å². The number of carbonyl (C=O) groups excluding carboxylic acids is 1. The first kappa shape index (κ1) is 15.8. The van der Waals surface area contributed by atoms with E-state index in [-0.39, 0.29) is 30.0 Å². The number of amides is 1. The molecule has 0 bridgehead atoms. The molecule has 1 aromatic carbocycles. The van der Waals surface area contributed by atoms with E-state index < -0.39 is 0 Å². The van der Waals surface area contributed by atoms with Crippen molar-refractivity contribution in [2.45, 2.75) is 58.2 Å². The molecular weight excluding hydrogens is 264 g/mol. The van der Waals surface area contributed by atoms with Crippen LogP contribution < -0.4 is 15.8 Å². The highest BCUT2D eigenvalue weighted by Crippen LogP contribution is 2.25. The molecule has 0 saturated heterocycles. The molecular formula is C17H26N2O2. The standard InChI is InChI=1S/C17H26N2O2/c1-11(2)21-14-9-7-13(8-10-14)12(3)19-17(20)15-5-4-6-16(15)18/h7-12,15-16H,4-6,18H2,1-3H3,(H,19,20). The Morgan fingerprint density at radius 1 is 1.24 bits per heavy atom. The van der Waals surface area contributed by atoms with E-state index in [1.807, 2.05) is 45.0 Å². The summed E-state index contributed by atoms with van der Waals surface area (Å²) in [4.78, 5) is 12.2. The van der Waals surface area contributed by atoms with Crippen LogP contribution in [-0.4, -0.2) is 18.1 Å². The molecule has 3 N–H and O–H groups in total. The third kappa shape index (κ3) is 4.21. The van der Waals surface area contributed by atoms with Crippen molar-refractivity contribution < 1.29 is 9.53 Å². The molecule has 0 radical (unpaired) electrons. The van der Waals surface area contributed by atoms with E-state index in [1.54, 1.807) is 0 Å². The maximum Gasteiger partial charge on any atom is 0.225 e. The zero-order chi connectivity index (χ0) is 15.4. The minimum atomic E-state index is -0.0315. The summed E-state index contributed by atoms with van der Waals surface area (Å²) in [7, 11) is 0. The molecule has 1 saturated carbocycles. The molecule has 0 spiro atoms. The third-order valence-electron chi connectivity index (χ3n) is 4.02. The van der Waals surface area contributed by atoms with Crippen LogP contribution in [0.3, 0.4) is 0 Å². The molecule has 1 aromatic rings. The van der Waals surface area contributed by atoms with Gasteiger partial charge in [-0.2, -0.15) is 0 Å². The van der Waals surface area contributed by atoms with Gasteiger partial charge in [-0.05, 0) is 51.3 Å². The van der Waals surface area contributed by atoms with Gasteiger partial charge in [0.15, 0.2) is 0 Å². The lowest BCUT2D eigenvalue weighted by Crippen LogP contribution is -2.39. The lowest BCUT2D eigenvalue weighted by Gasteiger charge is -2.20. The van der Waals surface area contributed by atoms with Gasteiger partial charge in [-0.15, -0.1) is 0 Å². The van der Waals surface area contributed by atoms with E-state index >= 15 is 0 Å². The van der Waals surface area contributed by atoms with Gasteiger partial charge in [0.1, 0.15) is 5.75 Å². The first-order chi connectivity index (χ1) is 9.97. The Kier molecular flexibility index (Phi) is 5.23. The minimum Gasteiger partial charge on any atom is -0.491 e. The average Bonchev–Trinajstić information content (AvgIpc) is 2.85. The van der Waals surface area contributed by atoms with Gasteiger partial charge in [-0.1, -0.05) is 18.6 Å². The molecule has 4 heteroatoms. The Labute approximate surface area is 127 Å². The van der Waals surface area contributed by atoms with Gasteiger partial charge in [0.2, 0.25) is 5.91 Å². The number of benzene rings is 1. The minimum absolute atomic E-state index is 0.0130. The Hall–Kier alpha value is -1.55. The number of carbonyl (C=O) groups is 1. The summed E-state index contributed by atoms with van der Waals surface area (Å²) in [6, 6.07) is 7.88. The maximum absolute atomic E-state index is 12.2. The van der Waals surface area contributed by atoms with Crippen molar-refractivity contribution in [3.63, 3.8) is 0 Å². The van der Waals surface area contributed by atoms with Crippen molar-refractivity contribution in [3.8, 4) is 5.75 Å². The van der Waals surface area contributed by atoms with Crippen molar-refractivity contribution >= 4 is 5.91 Å². The Balaban J connectivity index is 1.93. The molecule has 21 heavy (non-hydrogen) atoms. The Bertz CT molecular complexity index is 470. The van der Waals surface area contributed by atoms with Crippen LogP contribution in [0, 0.1) is 5.92 Å². The average molecular weight is 290 g/mol. The highest BCUT2D eigenvalue weighted by atomic mass is 16.5. The molecule has 0 aliphatic heterocycles. The van der Waals surface area contributed by atoms with E-state index in [4.69, 9.17) is 10.5 Å². The van der Waals surface area contributed by atoms with Gasteiger partial charge in [0, 0.05) is 6.04 Å². The number of nitrogens with one attached hydrogen (secondary N) is 1. The number of rotatable bonds is 5. The summed E-state index contributed by atoms with van der Waals surface area (Å²) in [5.74, 6) is 0.899. The first-order valence-corrected chi connectivity index (χ1v) is 7.80. The van der Waals surface area contributed by atoms with E-state index in [1.165, 1.54) is 0 Å². The SMILES string of the molecule is CC(C)Oc1ccc(C(C)NC(=O)C2CCCC2N)cc1. The number of ether oxygens (including phenoxy) is 1. The first-order valence-electron chi connectivity index (χ1n) is 7.80. The van der Waals surface area contributed by atoms with Crippen LogP contribution in [0.15, 0.2) is 24.3 Å². The second-order valence-corrected chi connectivity index (χ2v) is 6.17. The largest absolute Gasteiger partial charge is 0.491 e. The summed E-state index contributed by atoms with van der Waals surface area (Å²) in [6.07, 6.45) is 3.07. The van der Waals surface area contributed by atoms with Gasteiger partial charge < -0.3 is 15.8 Å². The number of nitrogens with two attached hydrogens (primary N) is 1. The van der Waals surface area contributed by atoms with Crippen LogP contribution >= 0.6 is 0 Å². The van der Waals surface area contributed by atoms with Crippen LogP contribution in [0.1, 0.15) is 51.6 Å². The maximum atomic E-state index is 12.2. The highest BCUT2D eigenvalue weighted by molar-refractivity contribution is 5.80. The fourth-order valence-electron chi connectivity index (χ4n) is 2.83. The van der Waals surface area contributed by atoms with E-state index in [0.717, 1.165) is 30.6 Å². The molecule has 3 unspecified atom stereocenters. The predicted octanol–water partition coefficient (Wildman–Crippen LogP) is 2.78.